The smallest absolute Gasteiger partial charge is 0.162 e. The molecule has 23 heavy (non-hydrogen) atoms. The van der Waals surface area contributed by atoms with E-state index in [9.17, 15) is 0 Å². The highest BCUT2D eigenvalue weighted by Crippen LogP contribution is 2.28. The zero-order valence-electron chi connectivity index (χ0n) is 19.2. The molecule has 0 fully saturated rings. The number of nitriles is 1. The maximum absolute atomic E-state index is 8.97. The molecule has 0 aliphatic rings. The molecule has 0 radical (unpaired) electrons. The van der Waals surface area contributed by atoms with Gasteiger partial charge in [0.25, 0.3) is 0 Å². The standard InChI is InChI=1S/C19H18N4/c1-13(2)8-15-9-18(19-10-16(11-20)22-23-19)21-12-17(15)14-6-4-3-5-7-14/h3-7,9-10,12-13H,8H2,1-2H3,(H,22,23)/i1D3,2D3,13D. The second kappa shape index (κ2) is 6.45. The van der Waals surface area contributed by atoms with Gasteiger partial charge >= 0.3 is 0 Å². The van der Waals surface area contributed by atoms with Crippen molar-refractivity contribution in [3.05, 3.63) is 59.9 Å². The number of rotatable bonds is 4. The van der Waals surface area contributed by atoms with Crippen molar-refractivity contribution < 1.29 is 9.60 Å². The van der Waals surface area contributed by atoms with Crippen molar-refractivity contribution in [2.24, 2.45) is 5.89 Å². The maximum Gasteiger partial charge on any atom is 0.162 e. The average Bonchev–Trinajstić information content (AvgIpc) is 3.16. The van der Waals surface area contributed by atoms with E-state index in [2.05, 4.69) is 15.2 Å². The van der Waals surface area contributed by atoms with Crippen LogP contribution in [0.3, 0.4) is 0 Å². The molecule has 114 valence electrons. The molecular formula is C19H18N4. The SMILES string of the molecule is [2H]C([2H])([2H])C([2H])(Cc1cc(-c2cc(C#N)n[nH]2)ncc1-c1ccccc1)C([2H])([2H])[2H]. The minimum Gasteiger partial charge on any atom is -0.275 e. The van der Waals surface area contributed by atoms with Crippen LogP contribution in [0.2, 0.25) is 0 Å². The Hall–Kier alpha value is -2.93. The molecule has 3 rings (SSSR count). The van der Waals surface area contributed by atoms with Gasteiger partial charge in [0.1, 0.15) is 6.07 Å². The molecule has 0 unspecified atom stereocenters. The lowest BCUT2D eigenvalue weighted by Gasteiger charge is -2.13. The van der Waals surface area contributed by atoms with Gasteiger partial charge in [-0.3, -0.25) is 10.1 Å². The van der Waals surface area contributed by atoms with Crippen LogP contribution in [-0.4, -0.2) is 15.2 Å². The van der Waals surface area contributed by atoms with Gasteiger partial charge in [0.2, 0.25) is 0 Å². The van der Waals surface area contributed by atoms with Crippen molar-refractivity contribution >= 4 is 0 Å². The van der Waals surface area contributed by atoms with E-state index < -0.39 is 26.0 Å². The van der Waals surface area contributed by atoms with Gasteiger partial charge in [-0.1, -0.05) is 44.0 Å². The van der Waals surface area contributed by atoms with E-state index in [1.807, 2.05) is 12.1 Å². The molecule has 1 aromatic carbocycles. The lowest BCUT2D eigenvalue weighted by molar-refractivity contribution is 0.648. The van der Waals surface area contributed by atoms with Crippen molar-refractivity contribution in [2.45, 2.75) is 20.1 Å². The summed E-state index contributed by atoms with van der Waals surface area (Å²) in [6, 6.07) is 13.9. The summed E-state index contributed by atoms with van der Waals surface area (Å²) < 4.78 is 54.8. The molecule has 0 atom stereocenters. The second-order valence-corrected chi connectivity index (χ2v) is 5.03. The molecule has 0 amide bonds. The highest BCUT2D eigenvalue weighted by Gasteiger charge is 2.12. The zero-order valence-corrected chi connectivity index (χ0v) is 12.2. The summed E-state index contributed by atoms with van der Waals surface area (Å²) in [5.41, 5.74) is 2.53. The van der Waals surface area contributed by atoms with Crippen LogP contribution in [0.4, 0.5) is 0 Å². The first kappa shape index (κ1) is 8.64. The van der Waals surface area contributed by atoms with Gasteiger partial charge in [0, 0.05) is 27.4 Å². The van der Waals surface area contributed by atoms with Crippen LogP contribution >= 0.6 is 0 Å². The molecule has 0 saturated carbocycles. The number of hydrogen-bond acceptors (Lipinski definition) is 3. The summed E-state index contributed by atoms with van der Waals surface area (Å²) in [7, 11) is 0. The van der Waals surface area contributed by atoms with Gasteiger partial charge in [-0.25, -0.2) is 0 Å². The Morgan fingerprint density at radius 2 is 2.13 bits per heavy atom. The summed E-state index contributed by atoms with van der Waals surface area (Å²) in [5, 5.41) is 15.5. The molecule has 0 aliphatic carbocycles. The average molecular weight is 309 g/mol. The molecule has 4 nitrogen and oxygen atoms in total. The van der Waals surface area contributed by atoms with Crippen molar-refractivity contribution in [3.63, 3.8) is 0 Å². The molecule has 2 heterocycles. The molecular weight excluding hydrogens is 284 g/mol. The third-order valence-corrected chi connectivity index (χ3v) is 3.41. The molecule has 1 N–H and O–H groups in total. The lowest BCUT2D eigenvalue weighted by Crippen LogP contribution is -1.99. The van der Waals surface area contributed by atoms with Gasteiger partial charge in [-0.15, -0.1) is 0 Å². The molecule has 4 heteroatoms. The number of nitrogens with zero attached hydrogens (tertiary/aromatic N) is 3. The Balaban J connectivity index is 2.18. The Bertz CT molecular complexity index is 1060. The van der Waals surface area contributed by atoms with Crippen molar-refractivity contribution in [1.82, 2.24) is 15.2 Å². The summed E-state index contributed by atoms with van der Waals surface area (Å²) in [4.78, 5) is 4.36. The normalized spacial score (nSPS) is 16.7. The van der Waals surface area contributed by atoms with Gasteiger partial charge in [0.15, 0.2) is 5.69 Å². The van der Waals surface area contributed by atoms with Crippen molar-refractivity contribution in [2.75, 3.05) is 0 Å². The second-order valence-electron chi connectivity index (χ2n) is 5.03. The number of benzene rings is 1. The number of hydrogen-bond donors (Lipinski definition) is 1. The monoisotopic (exact) mass is 309 g/mol. The Morgan fingerprint density at radius 1 is 1.30 bits per heavy atom. The van der Waals surface area contributed by atoms with Crippen LogP contribution in [0.5, 0.6) is 0 Å². The number of H-pyrrole nitrogens is 1. The predicted molar refractivity (Wildman–Crippen MR) is 90.5 cm³/mol. The summed E-state index contributed by atoms with van der Waals surface area (Å²) in [6.07, 6.45) is 0.964. The number of nitrogens with one attached hydrogen (secondary N) is 1. The van der Waals surface area contributed by atoms with E-state index >= 15 is 0 Å². The first-order chi connectivity index (χ1) is 14.0. The Morgan fingerprint density at radius 3 is 2.83 bits per heavy atom. The van der Waals surface area contributed by atoms with Crippen LogP contribution in [0.15, 0.2) is 48.7 Å². The minimum absolute atomic E-state index is 0.153. The lowest BCUT2D eigenvalue weighted by atomic mass is 9.94. The molecule has 0 aliphatic heterocycles. The fraction of sp³-hybridized carbons (Fsp3) is 0.211. The van der Waals surface area contributed by atoms with E-state index in [4.69, 9.17) is 14.9 Å². The van der Waals surface area contributed by atoms with Crippen molar-refractivity contribution in [1.29, 1.82) is 5.26 Å². The third kappa shape index (κ3) is 3.29. The molecule has 3 aromatic rings. The summed E-state index contributed by atoms with van der Waals surface area (Å²) in [5.74, 6) is -2.71. The molecule has 0 bridgehead atoms. The predicted octanol–water partition coefficient (Wildman–Crippen LogP) is 4.21. The molecule has 2 aromatic heterocycles. The largest absolute Gasteiger partial charge is 0.275 e. The number of pyridine rings is 1. The van der Waals surface area contributed by atoms with Crippen LogP contribution in [0.25, 0.3) is 22.5 Å². The van der Waals surface area contributed by atoms with E-state index in [1.54, 1.807) is 24.3 Å². The summed E-state index contributed by atoms with van der Waals surface area (Å²) in [6.45, 7) is -6.09. The highest BCUT2D eigenvalue weighted by molar-refractivity contribution is 5.70. The maximum atomic E-state index is 8.97. The van der Waals surface area contributed by atoms with E-state index in [1.165, 1.54) is 18.3 Å². The quantitative estimate of drug-likeness (QED) is 0.785. The Labute approximate surface area is 145 Å². The summed E-state index contributed by atoms with van der Waals surface area (Å²) >= 11 is 0. The first-order valence-electron chi connectivity index (χ1n) is 10.5. The molecule has 0 spiro atoms. The van der Waals surface area contributed by atoms with Crippen molar-refractivity contribution in [3.8, 4) is 28.6 Å². The van der Waals surface area contributed by atoms with E-state index in [-0.39, 0.29) is 5.69 Å². The van der Waals surface area contributed by atoms with Crippen LogP contribution in [0, 0.1) is 17.2 Å². The fourth-order valence-electron chi connectivity index (χ4n) is 2.37. The van der Waals surface area contributed by atoms with Crippen LogP contribution in [0.1, 0.15) is 34.6 Å². The number of aromatic nitrogens is 3. The highest BCUT2D eigenvalue weighted by atomic mass is 15.1. The Kier molecular flexibility index (Phi) is 2.42. The van der Waals surface area contributed by atoms with E-state index in [0.717, 1.165) is 0 Å². The third-order valence-electron chi connectivity index (χ3n) is 3.41. The fourth-order valence-corrected chi connectivity index (χ4v) is 2.37. The van der Waals surface area contributed by atoms with Gasteiger partial charge < -0.3 is 0 Å². The molecule has 0 saturated heterocycles. The van der Waals surface area contributed by atoms with Gasteiger partial charge in [-0.05, 0) is 29.5 Å². The first-order valence-corrected chi connectivity index (χ1v) is 6.96. The van der Waals surface area contributed by atoms with Crippen LogP contribution < -0.4 is 0 Å². The van der Waals surface area contributed by atoms with Crippen LogP contribution in [-0.2, 0) is 6.42 Å². The van der Waals surface area contributed by atoms with Gasteiger partial charge in [0.05, 0.1) is 11.4 Å². The topological polar surface area (TPSA) is 65.4 Å². The van der Waals surface area contributed by atoms with E-state index in [0.29, 0.717) is 28.1 Å². The number of aromatic amines is 1. The van der Waals surface area contributed by atoms with Gasteiger partial charge in [-0.2, -0.15) is 10.4 Å². The zero-order chi connectivity index (χ0) is 22.2. The minimum atomic E-state index is -3.04.